The molecule has 3 heterocycles. The van der Waals surface area contributed by atoms with E-state index in [9.17, 15) is 9.59 Å². The molecule has 1 saturated heterocycles. The number of nitrogens with zero attached hydrogens (tertiary/aromatic N) is 4. The summed E-state index contributed by atoms with van der Waals surface area (Å²) in [6, 6.07) is 1.72. The van der Waals surface area contributed by atoms with Gasteiger partial charge in [-0.15, -0.1) is 0 Å². The van der Waals surface area contributed by atoms with Gasteiger partial charge in [0.15, 0.2) is 11.6 Å². The zero-order valence-electron chi connectivity index (χ0n) is 15.1. The van der Waals surface area contributed by atoms with Crippen LogP contribution < -0.4 is 11.3 Å². The van der Waals surface area contributed by atoms with Crippen molar-refractivity contribution >= 4 is 5.91 Å². The molecule has 0 aliphatic carbocycles. The lowest BCUT2D eigenvalue weighted by molar-refractivity contribution is -0.135. The predicted octanol–water partition coefficient (Wildman–Crippen LogP) is 0.664. The normalized spacial score (nSPS) is 20.2. The summed E-state index contributed by atoms with van der Waals surface area (Å²) >= 11 is 0. The fourth-order valence-electron chi connectivity index (χ4n) is 3.52. The lowest BCUT2D eigenvalue weighted by atomic mass is 9.90. The fourth-order valence-corrected chi connectivity index (χ4v) is 3.52. The van der Waals surface area contributed by atoms with E-state index in [0.717, 1.165) is 12.8 Å². The predicted molar refractivity (Wildman–Crippen MR) is 97.3 cm³/mol. The Morgan fingerprint density at radius 3 is 2.77 bits per heavy atom. The van der Waals surface area contributed by atoms with Crippen LogP contribution in [0.25, 0.3) is 11.6 Å². The Bertz CT molecular complexity index is 835. The van der Waals surface area contributed by atoms with Crippen molar-refractivity contribution in [2.24, 2.45) is 11.7 Å². The number of aryl methyl sites for hydroxylation is 1. The number of carbonyl (C=O) groups is 1. The lowest BCUT2D eigenvalue weighted by Gasteiger charge is -2.39. The molecule has 0 spiro atoms. The van der Waals surface area contributed by atoms with E-state index in [1.54, 1.807) is 25.4 Å². The Kier molecular flexibility index (Phi) is 5.41. The molecule has 0 aromatic carbocycles. The van der Waals surface area contributed by atoms with Crippen LogP contribution in [-0.2, 0) is 11.2 Å². The minimum Gasteiger partial charge on any atom is -0.338 e. The highest BCUT2D eigenvalue weighted by molar-refractivity contribution is 5.79. The van der Waals surface area contributed by atoms with Gasteiger partial charge in [-0.05, 0) is 31.7 Å². The van der Waals surface area contributed by atoms with Crippen LogP contribution in [0.3, 0.4) is 0 Å². The molecule has 0 bridgehead atoms. The SMILES string of the molecule is Cc1nc(-c2ncccn2)[nH]c(=O)c1CC(=O)N1CCC[C@@H](C)[C@@H]1CN. The molecule has 8 heteroatoms. The summed E-state index contributed by atoms with van der Waals surface area (Å²) in [5.74, 6) is 0.938. The number of amides is 1. The van der Waals surface area contributed by atoms with Gasteiger partial charge in [0.2, 0.25) is 5.91 Å². The summed E-state index contributed by atoms with van der Waals surface area (Å²) in [5.41, 5.74) is 6.43. The Morgan fingerprint density at radius 1 is 1.38 bits per heavy atom. The second-order valence-electron chi connectivity index (χ2n) is 6.74. The second-order valence-corrected chi connectivity index (χ2v) is 6.74. The summed E-state index contributed by atoms with van der Waals surface area (Å²) in [6.07, 6.45) is 5.21. The number of hydrogen-bond acceptors (Lipinski definition) is 6. The second kappa shape index (κ2) is 7.74. The molecule has 3 rings (SSSR count). The number of piperidine rings is 1. The number of likely N-dealkylation sites (tertiary alicyclic amines) is 1. The molecule has 2 atom stereocenters. The molecule has 3 N–H and O–H groups in total. The van der Waals surface area contributed by atoms with Crippen molar-refractivity contribution < 1.29 is 4.79 Å². The van der Waals surface area contributed by atoms with Gasteiger partial charge in [-0.25, -0.2) is 15.0 Å². The van der Waals surface area contributed by atoms with Gasteiger partial charge in [-0.1, -0.05) is 6.92 Å². The van der Waals surface area contributed by atoms with Gasteiger partial charge in [0.05, 0.1) is 6.42 Å². The van der Waals surface area contributed by atoms with Crippen molar-refractivity contribution in [1.29, 1.82) is 0 Å². The van der Waals surface area contributed by atoms with Gasteiger partial charge >= 0.3 is 0 Å². The first-order valence-electron chi connectivity index (χ1n) is 8.88. The van der Waals surface area contributed by atoms with E-state index >= 15 is 0 Å². The van der Waals surface area contributed by atoms with Crippen molar-refractivity contribution in [1.82, 2.24) is 24.8 Å². The minimum atomic E-state index is -0.331. The number of H-pyrrole nitrogens is 1. The summed E-state index contributed by atoms with van der Waals surface area (Å²) in [5, 5.41) is 0. The van der Waals surface area contributed by atoms with E-state index in [-0.39, 0.29) is 23.9 Å². The zero-order valence-corrected chi connectivity index (χ0v) is 15.1. The molecule has 1 aliphatic heterocycles. The van der Waals surface area contributed by atoms with Crippen LogP contribution in [0.2, 0.25) is 0 Å². The third-order valence-corrected chi connectivity index (χ3v) is 5.01. The molecule has 138 valence electrons. The van der Waals surface area contributed by atoms with Crippen molar-refractivity contribution in [2.75, 3.05) is 13.1 Å². The molecule has 1 amide bonds. The summed E-state index contributed by atoms with van der Waals surface area (Å²) in [4.78, 5) is 42.4. The van der Waals surface area contributed by atoms with Gasteiger partial charge < -0.3 is 15.6 Å². The summed E-state index contributed by atoms with van der Waals surface area (Å²) in [7, 11) is 0. The Hall–Kier alpha value is -2.61. The number of aromatic nitrogens is 4. The molecule has 0 saturated carbocycles. The lowest BCUT2D eigenvalue weighted by Crippen LogP contribution is -2.52. The summed E-state index contributed by atoms with van der Waals surface area (Å²) in [6.45, 7) is 4.96. The van der Waals surface area contributed by atoms with Crippen molar-refractivity contribution in [3.8, 4) is 11.6 Å². The summed E-state index contributed by atoms with van der Waals surface area (Å²) < 4.78 is 0. The maximum atomic E-state index is 12.8. The largest absolute Gasteiger partial charge is 0.338 e. The fraction of sp³-hybridized carbons (Fsp3) is 0.500. The van der Waals surface area contributed by atoms with E-state index < -0.39 is 0 Å². The maximum Gasteiger partial charge on any atom is 0.255 e. The number of nitrogens with one attached hydrogen (secondary N) is 1. The van der Waals surface area contributed by atoms with Gasteiger partial charge in [0, 0.05) is 42.8 Å². The first-order valence-corrected chi connectivity index (χ1v) is 8.88. The van der Waals surface area contributed by atoms with Crippen LogP contribution in [0, 0.1) is 12.8 Å². The molecule has 2 aromatic rings. The van der Waals surface area contributed by atoms with Gasteiger partial charge in [0.25, 0.3) is 5.56 Å². The quantitative estimate of drug-likeness (QED) is 0.831. The molecule has 26 heavy (non-hydrogen) atoms. The minimum absolute atomic E-state index is 0.0211. The Balaban J connectivity index is 1.84. The van der Waals surface area contributed by atoms with Crippen molar-refractivity contribution in [3.05, 3.63) is 40.1 Å². The Labute approximate surface area is 151 Å². The molecule has 0 radical (unpaired) electrons. The number of carbonyl (C=O) groups excluding carboxylic acids is 1. The molecule has 2 aromatic heterocycles. The van der Waals surface area contributed by atoms with E-state index in [1.165, 1.54) is 0 Å². The van der Waals surface area contributed by atoms with Gasteiger partial charge in [-0.2, -0.15) is 0 Å². The molecule has 8 nitrogen and oxygen atoms in total. The molecule has 0 unspecified atom stereocenters. The average Bonchev–Trinajstić information content (AvgIpc) is 2.64. The third-order valence-electron chi connectivity index (χ3n) is 5.01. The highest BCUT2D eigenvalue weighted by Gasteiger charge is 2.31. The number of nitrogens with two attached hydrogens (primary N) is 1. The monoisotopic (exact) mass is 356 g/mol. The van der Waals surface area contributed by atoms with Gasteiger partial charge in [-0.3, -0.25) is 9.59 Å². The van der Waals surface area contributed by atoms with Crippen LogP contribution in [0.1, 0.15) is 31.0 Å². The first-order chi connectivity index (χ1) is 12.5. The topological polar surface area (TPSA) is 118 Å². The van der Waals surface area contributed by atoms with Crippen LogP contribution in [0.15, 0.2) is 23.3 Å². The van der Waals surface area contributed by atoms with Crippen LogP contribution >= 0.6 is 0 Å². The number of rotatable bonds is 4. The van der Waals surface area contributed by atoms with Crippen LogP contribution in [0.5, 0.6) is 0 Å². The first kappa shape index (κ1) is 18.2. The highest BCUT2D eigenvalue weighted by atomic mass is 16.2. The van der Waals surface area contributed by atoms with Crippen molar-refractivity contribution in [3.63, 3.8) is 0 Å². The Morgan fingerprint density at radius 2 is 2.12 bits per heavy atom. The van der Waals surface area contributed by atoms with E-state index in [1.807, 2.05) is 4.90 Å². The van der Waals surface area contributed by atoms with Crippen LogP contribution in [0.4, 0.5) is 0 Å². The average molecular weight is 356 g/mol. The smallest absolute Gasteiger partial charge is 0.255 e. The van der Waals surface area contributed by atoms with Gasteiger partial charge in [0.1, 0.15) is 0 Å². The maximum absolute atomic E-state index is 12.8. The number of aromatic amines is 1. The van der Waals surface area contributed by atoms with Crippen molar-refractivity contribution in [2.45, 2.75) is 39.2 Å². The third kappa shape index (κ3) is 3.65. The van der Waals surface area contributed by atoms with E-state index in [2.05, 4.69) is 26.9 Å². The standard InChI is InChI=1S/C18H24N6O2/c1-11-5-3-8-24(14(11)10-19)15(25)9-13-12(2)22-17(23-18(13)26)16-20-6-4-7-21-16/h4,6-7,11,14H,3,5,8-10,19H2,1-2H3,(H,22,23,26)/t11-,14+/m1/s1. The van der Waals surface area contributed by atoms with E-state index in [0.29, 0.717) is 41.9 Å². The van der Waals surface area contributed by atoms with Crippen LogP contribution in [-0.4, -0.2) is 49.9 Å². The molecule has 1 fully saturated rings. The highest BCUT2D eigenvalue weighted by Crippen LogP contribution is 2.23. The molecule has 1 aliphatic rings. The molecular formula is C18H24N6O2. The molecular weight excluding hydrogens is 332 g/mol. The zero-order chi connectivity index (χ0) is 18.7. The van der Waals surface area contributed by atoms with E-state index in [4.69, 9.17) is 5.73 Å². The number of hydrogen-bond donors (Lipinski definition) is 2.